The van der Waals surface area contributed by atoms with Crippen LogP contribution in [0, 0.1) is 0 Å². The maximum absolute atomic E-state index is 13.0. The Hall–Kier alpha value is -4.41. The molecule has 2 amide bonds. The number of ether oxygens (including phenoxy) is 2. The van der Waals surface area contributed by atoms with Crippen molar-refractivity contribution < 1.29 is 19.1 Å². The number of fused-ring (bicyclic) bond motifs is 1. The van der Waals surface area contributed by atoms with Crippen LogP contribution in [0.1, 0.15) is 53.3 Å². The van der Waals surface area contributed by atoms with Crippen molar-refractivity contribution in [1.82, 2.24) is 19.9 Å². The second-order valence-corrected chi connectivity index (χ2v) is 10.9. The summed E-state index contributed by atoms with van der Waals surface area (Å²) in [5, 5.41) is 7.07. The van der Waals surface area contributed by atoms with Crippen LogP contribution in [0.25, 0.3) is 22.0 Å². The van der Waals surface area contributed by atoms with E-state index in [1.807, 2.05) is 54.3 Å². The summed E-state index contributed by atoms with van der Waals surface area (Å²) >= 11 is 0. The first-order valence-electron chi connectivity index (χ1n) is 15.0. The molecule has 10 heteroatoms. The molecule has 0 bridgehead atoms. The first-order valence-corrected chi connectivity index (χ1v) is 15.0. The van der Waals surface area contributed by atoms with Crippen molar-refractivity contribution in [3.05, 3.63) is 78.1 Å². The molecule has 0 atom stereocenters. The summed E-state index contributed by atoms with van der Waals surface area (Å²) in [6.07, 6.45) is 7.69. The monoisotopic (exact) mass is 580 g/mol. The molecule has 1 aliphatic heterocycles. The number of aromatic nitrogens is 3. The van der Waals surface area contributed by atoms with Gasteiger partial charge >= 0.3 is 0 Å². The Labute approximate surface area is 250 Å². The average Bonchev–Trinajstić information content (AvgIpc) is 3.06. The lowest BCUT2D eigenvalue weighted by Gasteiger charge is -2.28. The molecule has 2 fully saturated rings. The minimum Gasteiger partial charge on any atom is -0.379 e. The van der Waals surface area contributed by atoms with Gasteiger partial charge in [0.05, 0.1) is 30.2 Å². The van der Waals surface area contributed by atoms with Crippen LogP contribution in [-0.2, 0) is 9.47 Å². The molecule has 2 aromatic carbocycles. The van der Waals surface area contributed by atoms with E-state index in [4.69, 9.17) is 14.5 Å². The SMILES string of the molecule is CCO[C@H]1CC[C@H](Nc2ncc3c(NC(=O)c4ccccc4)ncc(-c4ccc(C(=O)N5CCOCC5)cc4)c3n2)CC1. The van der Waals surface area contributed by atoms with Gasteiger partial charge in [0.2, 0.25) is 5.95 Å². The van der Waals surface area contributed by atoms with Crippen molar-refractivity contribution in [2.75, 3.05) is 43.5 Å². The number of benzene rings is 2. The smallest absolute Gasteiger partial charge is 0.256 e. The second kappa shape index (κ2) is 13.3. The molecule has 0 unspecified atom stereocenters. The van der Waals surface area contributed by atoms with Crippen LogP contribution < -0.4 is 10.6 Å². The van der Waals surface area contributed by atoms with E-state index < -0.39 is 0 Å². The molecular weight excluding hydrogens is 544 g/mol. The first kappa shape index (κ1) is 28.7. The summed E-state index contributed by atoms with van der Waals surface area (Å²) < 4.78 is 11.2. The highest BCUT2D eigenvalue weighted by Crippen LogP contribution is 2.32. The van der Waals surface area contributed by atoms with E-state index in [0.717, 1.165) is 43.4 Å². The Balaban J connectivity index is 1.30. The van der Waals surface area contributed by atoms with E-state index in [1.165, 1.54) is 0 Å². The molecular formula is C33H36N6O4. The fraction of sp³-hybridized carbons (Fsp3) is 0.364. The number of pyridine rings is 1. The van der Waals surface area contributed by atoms with Crippen LogP contribution in [0.3, 0.4) is 0 Å². The second-order valence-electron chi connectivity index (χ2n) is 10.9. The minimum absolute atomic E-state index is 0.00956. The molecule has 6 rings (SSSR count). The third-order valence-corrected chi connectivity index (χ3v) is 8.04. The topological polar surface area (TPSA) is 119 Å². The highest BCUT2D eigenvalue weighted by molar-refractivity contribution is 6.09. The number of carbonyl (C=O) groups is 2. The Morgan fingerprint density at radius 1 is 0.930 bits per heavy atom. The summed E-state index contributed by atoms with van der Waals surface area (Å²) in [4.78, 5) is 42.0. The molecule has 222 valence electrons. The van der Waals surface area contributed by atoms with E-state index in [9.17, 15) is 9.59 Å². The van der Waals surface area contributed by atoms with Gasteiger partial charge in [0.1, 0.15) is 5.82 Å². The maximum Gasteiger partial charge on any atom is 0.256 e. The Kier molecular flexibility index (Phi) is 8.85. The molecule has 0 spiro atoms. The fourth-order valence-corrected chi connectivity index (χ4v) is 5.70. The number of rotatable bonds is 8. The quantitative estimate of drug-likeness (QED) is 0.293. The number of nitrogens with one attached hydrogen (secondary N) is 2. The third-order valence-electron chi connectivity index (χ3n) is 8.04. The lowest BCUT2D eigenvalue weighted by atomic mass is 9.93. The van der Waals surface area contributed by atoms with E-state index in [0.29, 0.717) is 66.2 Å². The number of amides is 2. The molecule has 4 aromatic rings. The van der Waals surface area contributed by atoms with Crippen LogP contribution >= 0.6 is 0 Å². The highest BCUT2D eigenvalue weighted by atomic mass is 16.5. The Morgan fingerprint density at radius 3 is 2.40 bits per heavy atom. The van der Waals surface area contributed by atoms with Gasteiger partial charge in [-0.1, -0.05) is 30.3 Å². The lowest BCUT2D eigenvalue weighted by molar-refractivity contribution is 0.0303. The van der Waals surface area contributed by atoms with Gasteiger partial charge < -0.3 is 25.0 Å². The van der Waals surface area contributed by atoms with Crippen LogP contribution in [-0.4, -0.2) is 76.7 Å². The summed E-state index contributed by atoms with van der Waals surface area (Å²) in [5.74, 6) is 0.640. The van der Waals surface area contributed by atoms with Gasteiger partial charge in [-0.05, 0) is 62.4 Å². The molecule has 0 radical (unpaired) electrons. The predicted octanol–water partition coefficient (Wildman–Crippen LogP) is 5.18. The number of hydrogen-bond acceptors (Lipinski definition) is 8. The Bertz CT molecular complexity index is 1570. The van der Waals surface area contributed by atoms with Crippen molar-refractivity contribution in [3.8, 4) is 11.1 Å². The normalized spacial score (nSPS) is 18.8. The number of nitrogens with zero attached hydrogens (tertiary/aromatic N) is 4. The summed E-state index contributed by atoms with van der Waals surface area (Å²) in [6, 6.07) is 16.8. The number of hydrogen-bond donors (Lipinski definition) is 2. The summed E-state index contributed by atoms with van der Waals surface area (Å²) in [5.41, 5.74) is 3.45. The van der Waals surface area contributed by atoms with Gasteiger partial charge in [-0.3, -0.25) is 9.59 Å². The zero-order valence-electron chi connectivity index (χ0n) is 24.3. The van der Waals surface area contributed by atoms with Crippen LogP contribution in [0.15, 0.2) is 67.0 Å². The third kappa shape index (κ3) is 6.65. The van der Waals surface area contributed by atoms with Gasteiger partial charge in [0.15, 0.2) is 0 Å². The zero-order valence-corrected chi connectivity index (χ0v) is 24.3. The first-order chi connectivity index (χ1) is 21.1. The van der Waals surface area contributed by atoms with Crippen LogP contribution in [0.4, 0.5) is 11.8 Å². The summed E-state index contributed by atoms with van der Waals surface area (Å²) in [7, 11) is 0. The maximum atomic E-state index is 13.0. The molecule has 10 nitrogen and oxygen atoms in total. The van der Waals surface area contributed by atoms with E-state index in [-0.39, 0.29) is 17.9 Å². The van der Waals surface area contributed by atoms with E-state index in [1.54, 1.807) is 24.5 Å². The molecule has 2 N–H and O–H groups in total. The van der Waals surface area contributed by atoms with Gasteiger partial charge in [-0.2, -0.15) is 0 Å². The number of anilines is 2. The molecule has 1 saturated heterocycles. The van der Waals surface area contributed by atoms with Gasteiger partial charge in [-0.15, -0.1) is 0 Å². The van der Waals surface area contributed by atoms with Crippen molar-refractivity contribution in [2.45, 2.75) is 44.8 Å². The number of morpholine rings is 1. The van der Waals surface area contributed by atoms with Crippen LogP contribution in [0.5, 0.6) is 0 Å². The van der Waals surface area contributed by atoms with Crippen molar-refractivity contribution in [1.29, 1.82) is 0 Å². The van der Waals surface area contributed by atoms with E-state index >= 15 is 0 Å². The minimum atomic E-state index is -0.263. The largest absolute Gasteiger partial charge is 0.379 e. The molecule has 3 heterocycles. The average molecular weight is 581 g/mol. The molecule has 2 aromatic heterocycles. The van der Waals surface area contributed by atoms with Crippen LogP contribution in [0.2, 0.25) is 0 Å². The molecule has 2 aliphatic rings. The molecule has 43 heavy (non-hydrogen) atoms. The van der Waals surface area contributed by atoms with Gasteiger partial charge in [-0.25, -0.2) is 15.0 Å². The Morgan fingerprint density at radius 2 is 1.67 bits per heavy atom. The molecule has 1 aliphatic carbocycles. The van der Waals surface area contributed by atoms with Gasteiger partial charge in [0.25, 0.3) is 11.8 Å². The number of carbonyl (C=O) groups excluding carboxylic acids is 2. The summed E-state index contributed by atoms with van der Waals surface area (Å²) in [6.45, 7) is 5.05. The lowest BCUT2D eigenvalue weighted by Crippen LogP contribution is -2.40. The zero-order chi connectivity index (χ0) is 29.6. The standard InChI is InChI=1S/C33H36N6O4/c1-2-43-26-14-12-25(13-15-26)36-33-35-21-28-29(37-33)27(20-34-30(28)38-31(40)23-6-4-3-5-7-23)22-8-10-24(11-9-22)32(41)39-16-18-42-19-17-39/h3-11,20-21,25-26H,2,12-19H2,1H3,(H,34,38,40)(H,35,36,37)/t25-,26-. The van der Waals surface area contributed by atoms with E-state index in [2.05, 4.69) is 20.6 Å². The molecule has 1 saturated carbocycles. The van der Waals surface area contributed by atoms with Crippen molar-refractivity contribution in [2.24, 2.45) is 0 Å². The van der Waals surface area contributed by atoms with Gasteiger partial charge in [0, 0.05) is 54.8 Å². The van der Waals surface area contributed by atoms with Crippen molar-refractivity contribution in [3.63, 3.8) is 0 Å². The fourth-order valence-electron chi connectivity index (χ4n) is 5.70. The predicted molar refractivity (Wildman–Crippen MR) is 165 cm³/mol. The van der Waals surface area contributed by atoms with Crippen molar-refractivity contribution >= 4 is 34.5 Å². The highest BCUT2D eigenvalue weighted by Gasteiger charge is 2.23.